The summed E-state index contributed by atoms with van der Waals surface area (Å²) in [5.74, 6) is 1.46. The van der Waals surface area contributed by atoms with Gasteiger partial charge in [0.25, 0.3) is 0 Å². The first kappa shape index (κ1) is 60.8. The molecule has 0 aromatic carbocycles. The zero-order valence-corrected chi connectivity index (χ0v) is 51.3. The van der Waals surface area contributed by atoms with E-state index in [1.54, 1.807) is 32.4 Å². The predicted molar refractivity (Wildman–Crippen MR) is 336 cm³/mol. The first-order valence-corrected chi connectivity index (χ1v) is 35.0. The van der Waals surface area contributed by atoms with Gasteiger partial charge in [0, 0.05) is 61.6 Å². The summed E-state index contributed by atoms with van der Waals surface area (Å²) in [4.78, 5) is 41.7. The Balaban J connectivity index is 0.979. The van der Waals surface area contributed by atoms with Gasteiger partial charge in [-0.15, -0.1) is 68.0 Å². The van der Waals surface area contributed by atoms with E-state index in [0.717, 1.165) is 19.5 Å². The van der Waals surface area contributed by atoms with Crippen molar-refractivity contribution in [1.82, 2.24) is 0 Å². The Morgan fingerprint density at radius 2 is 0.514 bits per heavy atom. The minimum atomic E-state index is 0.0594. The van der Waals surface area contributed by atoms with Crippen LogP contribution < -0.4 is 0 Å². The van der Waals surface area contributed by atoms with E-state index in [2.05, 4.69) is 88.4 Å². The molecule has 6 heterocycles. The molecule has 6 aromatic rings. The van der Waals surface area contributed by atoms with Crippen LogP contribution in [0.3, 0.4) is 0 Å². The van der Waals surface area contributed by atoms with Crippen molar-refractivity contribution < 1.29 is 9.59 Å². The third-order valence-electron chi connectivity index (χ3n) is 15.2. The molecule has 0 saturated carbocycles. The molecular weight excluding hydrogens is 1020 g/mol. The largest absolute Gasteiger partial charge is 0.293 e. The molecule has 406 valence electrons. The first-order chi connectivity index (χ1) is 36.4. The summed E-state index contributed by atoms with van der Waals surface area (Å²) in [5, 5.41) is 0. The van der Waals surface area contributed by atoms with Gasteiger partial charge in [-0.25, -0.2) is 0 Å². The van der Waals surface area contributed by atoms with Gasteiger partial charge in [-0.3, -0.25) is 9.59 Å². The molecule has 6 aromatic heterocycles. The quantitative estimate of drug-likeness (QED) is 0.0282. The maximum absolute atomic E-state index is 13.5. The lowest BCUT2D eigenvalue weighted by Crippen LogP contribution is -2.02. The maximum atomic E-state index is 13.5. The third kappa shape index (κ3) is 21.1. The normalized spacial score (nSPS) is 12.5. The van der Waals surface area contributed by atoms with E-state index in [1.807, 2.05) is 57.5 Å². The lowest BCUT2D eigenvalue weighted by molar-refractivity contribution is 0.0921. The van der Waals surface area contributed by atoms with Crippen LogP contribution in [0.5, 0.6) is 0 Å². The minimum Gasteiger partial charge on any atom is -0.293 e. The highest BCUT2D eigenvalue weighted by Crippen LogP contribution is 2.45. The van der Waals surface area contributed by atoms with Crippen molar-refractivity contribution in [3.05, 3.63) is 92.3 Å². The Morgan fingerprint density at radius 1 is 0.284 bits per heavy atom. The van der Waals surface area contributed by atoms with Gasteiger partial charge in [-0.05, 0) is 110 Å². The lowest BCUT2D eigenvalue weighted by Gasteiger charge is -2.15. The van der Waals surface area contributed by atoms with Crippen LogP contribution in [0.2, 0.25) is 0 Å². The molecule has 0 aliphatic carbocycles. The maximum Gasteiger partial charge on any atom is 0.173 e. The van der Waals surface area contributed by atoms with Gasteiger partial charge < -0.3 is 0 Å². The molecule has 0 N–H and O–H groups in total. The lowest BCUT2D eigenvalue weighted by atomic mass is 9.93. The van der Waals surface area contributed by atoms with Crippen LogP contribution in [0.15, 0.2) is 72.8 Å². The molecule has 74 heavy (non-hydrogen) atoms. The Hall–Kier alpha value is -2.46. The van der Waals surface area contributed by atoms with Gasteiger partial charge in [0.2, 0.25) is 0 Å². The average molecular weight is 1110 g/mol. The minimum absolute atomic E-state index is 0.0594. The number of hydrogen-bond acceptors (Lipinski definition) is 8. The van der Waals surface area contributed by atoms with Gasteiger partial charge in [0.1, 0.15) is 0 Å². The molecule has 0 radical (unpaired) electrons. The van der Waals surface area contributed by atoms with E-state index in [4.69, 9.17) is 0 Å². The monoisotopic (exact) mass is 1110 g/mol. The summed E-state index contributed by atoms with van der Waals surface area (Å²) in [5.41, 5.74) is 0. The fourth-order valence-electron chi connectivity index (χ4n) is 10.6. The van der Waals surface area contributed by atoms with Gasteiger partial charge in [-0.1, -0.05) is 207 Å². The van der Waals surface area contributed by atoms with E-state index in [9.17, 15) is 9.59 Å². The molecule has 0 amide bonds. The molecule has 6 rings (SSSR count). The first-order valence-electron chi connectivity index (χ1n) is 30.1. The molecule has 2 nitrogen and oxygen atoms in total. The molecule has 0 saturated heterocycles. The number of carbonyl (C=O) groups is 2. The molecule has 0 spiro atoms. The second-order valence-corrected chi connectivity index (χ2v) is 28.0. The Bertz CT molecular complexity index is 2250. The molecule has 2 atom stereocenters. The Morgan fingerprint density at radius 3 is 0.811 bits per heavy atom. The fourth-order valence-corrected chi connectivity index (χ4v) is 17.3. The third-order valence-corrected chi connectivity index (χ3v) is 22.9. The van der Waals surface area contributed by atoms with Gasteiger partial charge >= 0.3 is 0 Å². The number of carbonyl (C=O) groups excluding carboxylic acids is 2. The SMILES string of the molecule is CCCCCCCCCCC(CCCCCCCC)c1ccc(-c2ccc(-c3ccc(C(=O)CCC(=O)c4ccc(-c5ccc(-c6ccc(C(CCCCCCCC)CCCCCCCCCC)s6)s5)s4)s3)s2)s1. The van der Waals surface area contributed by atoms with Crippen molar-refractivity contribution in [2.24, 2.45) is 0 Å². The average Bonchev–Trinajstić information content (AvgIpc) is 4.28. The van der Waals surface area contributed by atoms with Crippen LogP contribution in [0.25, 0.3) is 39.0 Å². The number of rotatable bonds is 43. The second kappa shape index (κ2) is 35.9. The Labute approximate surface area is 474 Å². The fraction of sp³-hybridized carbons (Fsp3) is 0.606. The highest BCUT2D eigenvalue weighted by atomic mass is 32.1. The summed E-state index contributed by atoms with van der Waals surface area (Å²) in [6, 6.07) is 26.7. The summed E-state index contributed by atoms with van der Waals surface area (Å²) in [7, 11) is 0. The van der Waals surface area contributed by atoms with Gasteiger partial charge in [0.05, 0.1) is 9.75 Å². The van der Waals surface area contributed by atoms with Crippen molar-refractivity contribution in [3.63, 3.8) is 0 Å². The zero-order chi connectivity index (χ0) is 52.0. The molecule has 0 bridgehead atoms. The molecule has 0 aliphatic rings. The number of ketones is 2. The van der Waals surface area contributed by atoms with Gasteiger partial charge in [0.15, 0.2) is 11.6 Å². The van der Waals surface area contributed by atoms with Crippen LogP contribution in [-0.2, 0) is 0 Å². The van der Waals surface area contributed by atoms with E-state index < -0.39 is 0 Å². The summed E-state index contributed by atoms with van der Waals surface area (Å²) in [6.07, 6.45) is 44.1. The van der Waals surface area contributed by atoms with Crippen LogP contribution in [0, 0.1) is 0 Å². The topological polar surface area (TPSA) is 34.1 Å². The van der Waals surface area contributed by atoms with Gasteiger partial charge in [-0.2, -0.15) is 0 Å². The van der Waals surface area contributed by atoms with E-state index in [-0.39, 0.29) is 24.4 Å². The molecule has 8 heteroatoms. The van der Waals surface area contributed by atoms with Crippen molar-refractivity contribution >= 4 is 79.6 Å². The predicted octanol–water partition coefficient (Wildman–Crippen LogP) is 25.3. The van der Waals surface area contributed by atoms with Crippen molar-refractivity contribution in [3.8, 4) is 39.0 Å². The number of unbranched alkanes of at least 4 members (excludes halogenated alkanes) is 24. The Kier molecular flexibility index (Phi) is 29.4. The molecule has 2 unspecified atom stereocenters. The number of thiophene rings is 6. The highest BCUT2D eigenvalue weighted by molar-refractivity contribution is 7.27. The van der Waals surface area contributed by atoms with Crippen LogP contribution >= 0.6 is 68.0 Å². The zero-order valence-electron chi connectivity index (χ0n) is 46.4. The standard InChI is InChI=1S/C66H94O2S6/c1-5-9-13-17-21-23-27-31-35-51(33-29-25-19-15-11-7-3)55-39-43-59(69-55)63-47-49-65(73-63)61-45-41-57(71-61)53(67)37-38-54(68)58-42-46-62(72-58)66-50-48-64(74-66)60-44-40-56(70-60)52(34-30-26-20-16-12-8-4)36-32-28-24-22-18-14-10-6-2/h39-52H,5-38H2,1-4H3. The smallest absolute Gasteiger partial charge is 0.173 e. The second-order valence-electron chi connectivity index (χ2n) is 21.4. The van der Waals surface area contributed by atoms with Crippen LogP contribution in [0.1, 0.15) is 287 Å². The number of Topliss-reactive ketones (excluding diaryl/α,β-unsaturated/α-hetero) is 2. The molecule has 0 fully saturated rings. The van der Waals surface area contributed by atoms with Crippen molar-refractivity contribution in [1.29, 1.82) is 0 Å². The van der Waals surface area contributed by atoms with E-state index in [1.165, 1.54) is 235 Å². The summed E-state index contributed by atoms with van der Waals surface area (Å²) >= 11 is 10.8. The molecule has 0 aliphatic heterocycles. The summed E-state index contributed by atoms with van der Waals surface area (Å²) < 4.78 is 0. The van der Waals surface area contributed by atoms with Crippen LogP contribution in [0.4, 0.5) is 0 Å². The van der Waals surface area contributed by atoms with Crippen LogP contribution in [-0.4, -0.2) is 11.6 Å². The van der Waals surface area contributed by atoms with Crippen molar-refractivity contribution in [2.75, 3.05) is 0 Å². The highest BCUT2D eigenvalue weighted by Gasteiger charge is 2.20. The number of hydrogen-bond donors (Lipinski definition) is 0. The van der Waals surface area contributed by atoms with E-state index >= 15 is 0 Å². The van der Waals surface area contributed by atoms with E-state index in [0.29, 0.717) is 11.8 Å². The summed E-state index contributed by atoms with van der Waals surface area (Å²) in [6.45, 7) is 9.21. The van der Waals surface area contributed by atoms with Crippen molar-refractivity contribution in [2.45, 2.75) is 258 Å². The molecular formula is C66H94O2S6.